The van der Waals surface area contributed by atoms with Gasteiger partial charge >= 0.3 is 13.9 Å². The van der Waals surface area contributed by atoms with Gasteiger partial charge in [-0.05, 0) is 0 Å². The van der Waals surface area contributed by atoms with Crippen molar-refractivity contribution in [2.45, 2.75) is 37.2 Å². The summed E-state index contributed by atoms with van der Waals surface area (Å²) in [5.74, 6) is -0.575. The number of aliphatic hydroxyl groups excluding tert-OH is 3. The Balaban J connectivity index is 2.03. The summed E-state index contributed by atoms with van der Waals surface area (Å²) >= 11 is 0. The fourth-order valence-corrected chi connectivity index (χ4v) is 2.52. The highest BCUT2D eigenvalue weighted by molar-refractivity contribution is 7.46. The number of nitrogens with zero attached hydrogens (tertiary/aromatic N) is 1. The average Bonchev–Trinajstić information content (AvgIpc) is 2.74. The Bertz CT molecular complexity index is 511. The highest BCUT2D eigenvalue weighted by Gasteiger charge is 2.47. The number of carbonyl (C=O) groups is 1. The SMILES string of the molecule is N=C1NC(=O)N([C@H]2C[C@H](O)[C@@H](COP(=O)(O)O)O2)C(O)C1O. The van der Waals surface area contributed by atoms with E-state index in [1.165, 1.54) is 0 Å². The summed E-state index contributed by atoms with van der Waals surface area (Å²) in [6.07, 6.45) is -7.06. The summed E-state index contributed by atoms with van der Waals surface area (Å²) in [5.41, 5.74) is 0. The Kier molecular flexibility index (Phi) is 4.84. The van der Waals surface area contributed by atoms with Crippen LogP contribution in [0.5, 0.6) is 0 Å². The molecule has 0 aromatic carbocycles. The second-order valence-electron chi connectivity index (χ2n) is 4.83. The maximum absolute atomic E-state index is 11.8. The number of ether oxygens (including phenoxy) is 1. The minimum absolute atomic E-state index is 0.167. The minimum atomic E-state index is -4.74. The van der Waals surface area contributed by atoms with E-state index in [9.17, 15) is 24.7 Å². The Labute approximate surface area is 124 Å². The molecule has 2 amide bonds. The zero-order chi connectivity index (χ0) is 16.7. The predicted molar refractivity (Wildman–Crippen MR) is 67.4 cm³/mol. The lowest BCUT2D eigenvalue weighted by Gasteiger charge is -2.39. The van der Waals surface area contributed by atoms with Crippen LogP contribution in [-0.2, 0) is 13.8 Å². The van der Waals surface area contributed by atoms with Crippen molar-refractivity contribution in [2.75, 3.05) is 6.61 Å². The van der Waals surface area contributed by atoms with Crippen molar-refractivity contribution < 1.29 is 43.7 Å². The minimum Gasteiger partial charge on any atom is -0.390 e. The topological polar surface area (TPSA) is 193 Å². The molecule has 0 radical (unpaired) electrons. The van der Waals surface area contributed by atoms with Gasteiger partial charge in [0.2, 0.25) is 0 Å². The summed E-state index contributed by atoms with van der Waals surface area (Å²) in [6.45, 7) is -0.619. The van der Waals surface area contributed by atoms with Gasteiger partial charge < -0.3 is 29.8 Å². The summed E-state index contributed by atoms with van der Waals surface area (Å²) in [6, 6.07) is -0.906. The van der Waals surface area contributed by atoms with Crippen LogP contribution in [0.2, 0.25) is 0 Å². The van der Waals surface area contributed by atoms with Crippen LogP contribution in [0.25, 0.3) is 0 Å². The van der Waals surface area contributed by atoms with E-state index in [4.69, 9.17) is 19.9 Å². The van der Waals surface area contributed by atoms with E-state index in [0.29, 0.717) is 4.90 Å². The molecule has 0 spiro atoms. The molecular formula is C9H16N3O9P. The molecule has 2 aliphatic heterocycles. The van der Waals surface area contributed by atoms with Crippen LogP contribution in [0.15, 0.2) is 0 Å². The van der Waals surface area contributed by atoms with E-state index in [-0.39, 0.29) is 6.42 Å². The van der Waals surface area contributed by atoms with Crippen molar-refractivity contribution in [1.29, 1.82) is 5.41 Å². The molecule has 2 unspecified atom stereocenters. The zero-order valence-electron chi connectivity index (χ0n) is 11.1. The van der Waals surface area contributed by atoms with Crippen LogP contribution >= 0.6 is 7.82 Å². The van der Waals surface area contributed by atoms with Gasteiger partial charge in [-0.25, -0.2) is 9.36 Å². The molecule has 2 rings (SSSR count). The van der Waals surface area contributed by atoms with Gasteiger partial charge in [0.05, 0.1) is 12.7 Å². The van der Waals surface area contributed by atoms with Crippen molar-refractivity contribution in [3.05, 3.63) is 0 Å². The summed E-state index contributed by atoms with van der Waals surface area (Å²) in [7, 11) is -4.74. The molecule has 13 heteroatoms. The number of hydrogen-bond acceptors (Lipinski definition) is 8. The molecular weight excluding hydrogens is 325 g/mol. The van der Waals surface area contributed by atoms with E-state index in [1.54, 1.807) is 0 Å². The normalized spacial score (nSPS) is 36.6. The molecule has 0 aliphatic carbocycles. The first-order valence-electron chi connectivity index (χ1n) is 6.17. The van der Waals surface area contributed by atoms with Gasteiger partial charge in [0.15, 0.2) is 12.3 Å². The largest absolute Gasteiger partial charge is 0.469 e. The number of urea groups is 1. The predicted octanol–water partition coefficient (Wildman–Crippen LogP) is -2.75. The van der Waals surface area contributed by atoms with Crippen LogP contribution in [0.1, 0.15) is 6.42 Å². The molecule has 0 aromatic rings. The third kappa shape index (κ3) is 3.62. The second kappa shape index (κ2) is 6.18. The smallest absolute Gasteiger partial charge is 0.390 e. The average molecular weight is 341 g/mol. The van der Waals surface area contributed by atoms with Crippen LogP contribution in [0.4, 0.5) is 4.79 Å². The third-order valence-electron chi connectivity index (χ3n) is 3.26. The molecule has 2 heterocycles. The first-order chi connectivity index (χ1) is 10.1. The molecule has 126 valence electrons. The van der Waals surface area contributed by atoms with Crippen molar-refractivity contribution in [3.63, 3.8) is 0 Å². The molecule has 2 fully saturated rings. The van der Waals surface area contributed by atoms with Gasteiger partial charge in [-0.2, -0.15) is 0 Å². The van der Waals surface area contributed by atoms with Crippen LogP contribution in [0.3, 0.4) is 0 Å². The van der Waals surface area contributed by atoms with Crippen LogP contribution in [0, 0.1) is 5.41 Å². The maximum atomic E-state index is 11.8. The number of phosphoric ester groups is 1. The molecule has 2 saturated heterocycles. The second-order valence-corrected chi connectivity index (χ2v) is 6.07. The lowest BCUT2D eigenvalue weighted by molar-refractivity contribution is -0.134. The van der Waals surface area contributed by atoms with Crippen LogP contribution < -0.4 is 5.32 Å². The van der Waals surface area contributed by atoms with E-state index >= 15 is 0 Å². The standard InChI is InChI=1S/C9H16N3O9P/c10-7-6(14)8(15)12(9(16)11-7)5-1-3(13)4(21-5)2-20-22(17,18)19/h3-6,8,13-15H,1-2H2,(H2,10,11,16)(H2,17,18,19)/t3-,4+,5+,6?,8?/m0/s1. The van der Waals surface area contributed by atoms with Crippen molar-refractivity contribution >= 4 is 19.7 Å². The number of amides is 2. The van der Waals surface area contributed by atoms with E-state index in [0.717, 1.165) is 0 Å². The third-order valence-corrected chi connectivity index (χ3v) is 3.75. The monoisotopic (exact) mass is 341 g/mol. The van der Waals surface area contributed by atoms with E-state index < -0.39 is 57.1 Å². The molecule has 0 aromatic heterocycles. The molecule has 12 nitrogen and oxygen atoms in total. The number of aliphatic hydroxyl groups is 3. The highest BCUT2D eigenvalue weighted by Crippen LogP contribution is 2.37. The van der Waals surface area contributed by atoms with Gasteiger partial charge in [-0.15, -0.1) is 0 Å². The summed E-state index contributed by atoms with van der Waals surface area (Å²) in [5, 5.41) is 38.4. The van der Waals surface area contributed by atoms with Gasteiger partial charge in [0.25, 0.3) is 0 Å². The van der Waals surface area contributed by atoms with E-state index in [2.05, 4.69) is 4.52 Å². The van der Waals surface area contributed by atoms with Crippen LogP contribution in [-0.4, -0.2) is 79.2 Å². The highest BCUT2D eigenvalue weighted by atomic mass is 31.2. The Hall–Kier alpha value is -1.11. The van der Waals surface area contributed by atoms with Gasteiger partial charge in [0, 0.05) is 6.42 Å². The molecule has 0 saturated carbocycles. The van der Waals surface area contributed by atoms with Gasteiger partial charge in [-0.1, -0.05) is 0 Å². The fourth-order valence-electron chi connectivity index (χ4n) is 2.18. The summed E-state index contributed by atoms with van der Waals surface area (Å²) in [4.78, 5) is 29.7. The number of carbonyl (C=O) groups excluding carboxylic acids is 1. The quantitative estimate of drug-likeness (QED) is 0.265. The molecule has 22 heavy (non-hydrogen) atoms. The molecule has 2 aliphatic rings. The number of nitrogens with one attached hydrogen (secondary N) is 2. The molecule has 5 atom stereocenters. The number of hydrogen-bond donors (Lipinski definition) is 7. The lowest BCUT2D eigenvalue weighted by atomic mass is 10.1. The Morgan fingerprint density at radius 3 is 2.64 bits per heavy atom. The van der Waals surface area contributed by atoms with Crippen molar-refractivity contribution in [3.8, 4) is 0 Å². The number of phosphoric acid groups is 1. The van der Waals surface area contributed by atoms with Crippen molar-refractivity contribution in [2.24, 2.45) is 0 Å². The van der Waals surface area contributed by atoms with E-state index in [1.807, 2.05) is 5.32 Å². The first-order valence-corrected chi connectivity index (χ1v) is 7.70. The van der Waals surface area contributed by atoms with Gasteiger partial charge in [-0.3, -0.25) is 20.1 Å². The van der Waals surface area contributed by atoms with Crippen molar-refractivity contribution in [1.82, 2.24) is 10.2 Å². The summed E-state index contributed by atoms with van der Waals surface area (Å²) < 4.78 is 20.1. The fraction of sp³-hybridized carbons (Fsp3) is 0.778. The Morgan fingerprint density at radius 2 is 2.05 bits per heavy atom. The molecule has 7 N–H and O–H groups in total. The van der Waals surface area contributed by atoms with Gasteiger partial charge in [0.1, 0.15) is 18.2 Å². The number of amidine groups is 1. The number of rotatable bonds is 4. The first kappa shape index (κ1) is 17.2. The molecule has 0 bridgehead atoms. The lowest BCUT2D eigenvalue weighted by Crippen LogP contribution is -2.65. The Morgan fingerprint density at radius 1 is 1.41 bits per heavy atom. The zero-order valence-corrected chi connectivity index (χ0v) is 12.0. The maximum Gasteiger partial charge on any atom is 0.469 e.